The van der Waals surface area contributed by atoms with Gasteiger partial charge in [0.05, 0.1) is 0 Å². The van der Waals surface area contributed by atoms with E-state index in [9.17, 15) is 0 Å². The third kappa shape index (κ3) is 6.56. The van der Waals surface area contributed by atoms with Crippen LogP contribution in [0.2, 0.25) is 19.6 Å². The average molecular weight is 452 g/mol. The van der Waals surface area contributed by atoms with Gasteiger partial charge in [0.15, 0.2) is 0 Å². The third-order valence-electron chi connectivity index (χ3n) is 5.22. The maximum absolute atomic E-state index is 3.73. The van der Waals surface area contributed by atoms with Crippen LogP contribution in [0.1, 0.15) is 39.8 Å². The maximum Gasteiger partial charge on any atom is 4.00 e. The molecule has 0 aromatic heterocycles. The molecule has 138 valence electrons. The molecule has 0 fully saturated rings. The first kappa shape index (κ1) is 30.2. The summed E-state index contributed by atoms with van der Waals surface area (Å²) in [6, 6.07) is 0. The van der Waals surface area contributed by atoms with Crippen molar-refractivity contribution in [2.45, 2.75) is 67.1 Å². The molecule has 25 heavy (non-hydrogen) atoms. The van der Waals surface area contributed by atoms with Gasteiger partial charge in [0.1, 0.15) is 0 Å². The largest absolute Gasteiger partial charge is 4.00 e. The molecule has 0 radical (unpaired) electrons. The van der Waals surface area contributed by atoms with Gasteiger partial charge in [-0.3, -0.25) is 6.08 Å². The standard InChI is InChI=1S/C20H29Si.3ClH.Ti/c1-13-14(2)16(4)20(17(5)15(13)3)12-18-9-10-19(11-18)21(6,7)8;;;;/h10H,9,12H2,1-8H3;3*1H;/q-1;;;;+4/p-3. The molecule has 0 spiro atoms. The number of halogens is 3. The van der Waals surface area contributed by atoms with Crippen LogP contribution in [0.5, 0.6) is 0 Å². The zero-order chi connectivity index (χ0) is 15.9. The zero-order valence-corrected chi connectivity index (χ0v) is 21.5. The van der Waals surface area contributed by atoms with Gasteiger partial charge < -0.3 is 37.2 Å². The quantitative estimate of drug-likeness (QED) is 0.334. The van der Waals surface area contributed by atoms with Crippen molar-refractivity contribution < 1.29 is 58.9 Å². The Morgan fingerprint density at radius 1 is 0.800 bits per heavy atom. The van der Waals surface area contributed by atoms with Gasteiger partial charge in [0.2, 0.25) is 0 Å². The number of benzene rings is 1. The van der Waals surface area contributed by atoms with Gasteiger partial charge in [0.25, 0.3) is 0 Å². The first-order chi connectivity index (χ1) is 9.62. The molecule has 1 aromatic rings. The summed E-state index contributed by atoms with van der Waals surface area (Å²) < 4.78 is 0. The van der Waals surface area contributed by atoms with Crippen LogP contribution in [0.25, 0.3) is 0 Å². The topological polar surface area (TPSA) is 0 Å². The van der Waals surface area contributed by atoms with Crippen LogP contribution >= 0.6 is 0 Å². The first-order valence-corrected chi connectivity index (χ1v) is 11.5. The van der Waals surface area contributed by atoms with E-state index in [0.717, 1.165) is 12.8 Å². The summed E-state index contributed by atoms with van der Waals surface area (Å²) in [6.45, 7) is 18.6. The van der Waals surface area contributed by atoms with Gasteiger partial charge >= 0.3 is 21.7 Å². The van der Waals surface area contributed by atoms with E-state index in [1.165, 1.54) is 44.2 Å². The number of hydrogen-bond acceptors (Lipinski definition) is 0. The second-order valence-electron chi connectivity index (χ2n) is 7.58. The Balaban J connectivity index is -0.00000121. The van der Waals surface area contributed by atoms with E-state index < -0.39 is 8.07 Å². The van der Waals surface area contributed by atoms with Crippen LogP contribution in [-0.2, 0) is 28.1 Å². The van der Waals surface area contributed by atoms with E-state index >= 15 is 0 Å². The summed E-state index contributed by atoms with van der Waals surface area (Å²) in [5.74, 6) is 0. The number of hydrogen-bond donors (Lipinski definition) is 0. The molecule has 0 unspecified atom stereocenters. The first-order valence-electron chi connectivity index (χ1n) is 8.01. The zero-order valence-electron chi connectivity index (χ0n) is 16.6. The second kappa shape index (κ2) is 11.4. The minimum Gasteiger partial charge on any atom is -1.00 e. The van der Waals surface area contributed by atoms with Crippen molar-refractivity contribution in [2.75, 3.05) is 0 Å². The molecule has 0 heterocycles. The molecule has 1 aromatic carbocycles. The second-order valence-corrected chi connectivity index (χ2v) is 12.6. The predicted molar refractivity (Wildman–Crippen MR) is 96.6 cm³/mol. The van der Waals surface area contributed by atoms with E-state index in [4.69, 9.17) is 0 Å². The molecule has 0 bridgehead atoms. The van der Waals surface area contributed by atoms with E-state index in [2.05, 4.69) is 66.4 Å². The maximum atomic E-state index is 3.73. The smallest absolute Gasteiger partial charge is 1.00 e. The molecule has 1 aliphatic rings. The molecule has 0 saturated heterocycles. The summed E-state index contributed by atoms with van der Waals surface area (Å²) in [5.41, 5.74) is 10.3. The van der Waals surface area contributed by atoms with Crippen molar-refractivity contribution in [1.29, 1.82) is 0 Å². The Labute approximate surface area is 189 Å². The van der Waals surface area contributed by atoms with Crippen LogP contribution in [0, 0.1) is 40.7 Å². The van der Waals surface area contributed by atoms with Crippen LogP contribution in [0.3, 0.4) is 0 Å². The molecule has 0 N–H and O–H groups in total. The Morgan fingerprint density at radius 3 is 1.56 bits per heavy atom. The van der Waals surface area contributed by atoms with Gasteiger partial charge in [0, 0.05) is 8.07 Å². The summed E-state index contributed by atoms with van der Waals surface area (Å²) in [7, 11) is -1.21. The Morgan fingerprint density at radius 2 is 1.20 bits per heavy atom. The third-order valence-corrected chi connectivity index (χ3v) is 7.16. The fourth-order valence-electron chi connectivity index (χ4n) is 3.18. The molecular formula is C20H29Cl3SiTi. The Kier molecular flexibility index (Phi) is 13.7. The molecular weight excluding hydrogens is 423 g/mol. The van der Waals surface area contributed by atoms with Crippen molar-refractivity contribution in [3.05, 3.63) is 56.3 Å². The van der Waals surface area contributed by atoms with Crippen molar-refractivity contribution in [1.82, 2.24) is 0 Å². The van der Waals surface area contributed by atoms with Gasteiger partial charge in [-0.1, -0.05) is 26.1 Å². The summed E-state index contributed by atoms with van der Waals surface area (Å²) in [5, 5.41) is 1.51. The molecule has 0 amide bonds. The predicted octanol–water partition coefficient (Wildman–Crippen LogP) is -3.28. The van der Waals surface area contributed by atoms with Crippen molar-refractivity contribution >= 4 is 8.07 Å². The molecule has 1 aliphatic carbocycles. The van der Waals surface area contributed by atoms with Crippen molar-refractivity contribution in [3.63, 3.8) is 0 Å². The van der Waals surface area contributed by atoms with E-state index in [1.807, 2.05) is 0 Å². The van der Waals surface area contributed by atoms with Gasteiger partial charge in [-0.15, -0.1) is 0 Å². The molecule has 2 rings (SSSR count). The molecule has 5 heteroatoms. The SMILES string of the molecule is Cc1c(C)c(C)c(CC2=[C-]C([Si](C)(C)C)=CC2)c(C)c1C.[Cl-].[Cl-].[Cl-].[Ti+4]. The number of rotatable bonds is 3. The summed E-state index contributed by atoms with van der Waals surface area (Å²) in [6.07, 6.45) is 8.32. The molecule has 0 atom stereocenters. The molecule has 0 saturated carbocycles. The number of allylic oxidation sites excluding steroid dienone is 4. The van der Waals surface area contributed by atoms with E-state index in [1.54, 1.807) is 0 Å². The fourth-order valence-corrected chi connectivity index (χ4v) is 4.45. The van der Waals surface area contributed by atoms with Crippen LogP contribution in [0.15, 0.2) is 16.8 Å². The monoisotopic (exact) mass is 450 g/mol. The van der Waals surface area contributed by atoms with Crippen LogP contribution in [-0.4, -0.2) is 8.07 Å². The molecule has 0 aliphatic heterocycles. The minimum absolute atomic E-state index is 0. The normalized spacial score (nSPS) is 12.8. The van der Waals surface area contributed by atoms with Gasteiger partial charge in [-0.25, -0.2) is 11.3 Å². The summed E-state index contributed by atoms with van der Waals surface area (Å²) >= 11 is 0. The Bertz CT molecular complexity index is 627. The van der Waals surface area contributed by atoms with Gasteiger partial charge in [-0.05, 0) is 74.4 Å². The van der Waals surface area contributed by atoms with E-state index in [0.29, 0.717) is 0 Å². The van der Waals surface area contributed by atoms with Crippen LogP contribution < -0.4 is 37.2 Å². The Hall–Kier alpha value is 0.501. The molecule has 0 nitrogen and oxygen atoms in total. The minimum atomic E-state index is -1.21. The average Bonchev–Trinajstić information content (AvgIpc) is 2.88. The fraction of sp³-hybridized carbons (Fsp3) is 0.500. The van der Waals surface area contributed by atoms with Crippen LogP contribution in [0.4, 0.5) is 0 Å². The van der Waals surface area contributed by atoms with E-state index in [-0.39, 0.29) is 58.9 Å². The summed E-state index contributed by atoms with van der Waals surface area (Å²) in [4.78, 5) is 0. The van der Waals surface area contributed by atoms with Crippen molar-refractivity contribution in [2.24, 2.45) is 0 Å². The van der Waals surface area contributed by atoms with Gasteiger partial charge in [-0.2, -0.15) is 5.57 Å². The van der Waals surface area contributed by atoms with Crippen molar-refractivity contribution in [3.8, 4) is 0 Å².